The van der Waals surface area contributed by atoms with Crippen LogP contribution in [-0.2, 0) is 19.1 Å². The molecule has 1 amide bonds. The van der Waals surface area contributed by atoms with Crippen molar-refractivity contribution in [2.24, 2.45) is 0 Å². The Labute approximate surface area is 127 Å². The third-order valence-corrected chi connectivity index (χ3v) is 2.51. The van der Waals surface area contributed by atoms with Crippen molar-refractivity contribution in [1.29, 1.82) is 0 Å². The molecule has 1 aromatic carbocycles. The first-order valence-electron chi connectivity index (χ1n) is 6.35. The fraction of sp³-hybridized carbons (Fsp3) is 0.267. The number of carbonyl (C=O) groups is 3. The van der Waals surface area contributed by atoms with Gasteiger partial charge in [0.05, 0.1) is 14.2 Å². The van der Waals surface area contributed by atoms with E-state index in [1.807, 2.05) is 0 Å². The third kappa shape index (κ3) is 5.66. The topological polar surface area (TPSA) is 90.9 Å². The Hall–Kier alpha value is -2.83. The maximum atomic E-state index is 11.6. The molecule has 1 rings (SSSR count). The van der Waals surface area contributed by atoms with E-state index < -0.39 is 11.9 Å². The van der Waals surface area contributed by atoms with Crippen LogP contribution in [0.25, 0.3) is 6.08 Å². The standard InChI is InChI=1S/C15H17NO6/c1-10(17)16-9-15(19)22-12-6-4-11(8-13(12)20-2)5-7-14(18)21-3/h4-8H,9H2,1-3H3,(H,16,17)/b7-5-. The maximum Gasteiger partial charge on any atom is 0.330 e. The molecule has 0 aliphatic carbocycles. The molecule has 0 unspecified atom stereocenters. The second-order valence-corrected chi connectivity index (χ2v) is 4.15. The number of benzene rings is 1. The lowest BCUT2D eigenvalue weighted by Crippen LogP contribution is -2.30. The van der Waals surface area contributed by atoms with Gasteiger partial charge in [-0.2, -0.15) is 0 Å². The molecule has 1 N–H and O–H groups in total. The molecule has 1 aromatic rings. The first-order chi connectivity index (χ1) is 10.5. The van der Waals surface area contributed by atoms with Gasteiger partial charge in [0.1, 0.15) is 6.54 Å². The lowest BCUT2D eigenvalue weighted by Gasteiger charge is -2.10. The van der Waals surface area contributed by atoms with Crippen LogP contribution >= 0.6 is 0 Å². The Bertz CT molecular complexity index is 594. The Morgan fingerprint density at radius 2 is 1.91 bits per heavy atom. The highest BCUT2D eigenvalue weighted by Gasteiger charge is 2.11. The van der Waals surface area contributed by atoms with Gasteiger partial charge >= 0.3 is 11.9 Å². The number of hydrogen-bond acceptors (Lipinski definition) is 6. The number of carbonyl (C=O) groups excluding carboxylic acids is 3. The summed E-state index contributed by atoms with van der Waals surface area (Å²) in [5.41, 5.74) is 0.670. The molecule has 0 bridgehead atoms. The number of nitrogens with one attached hydrogen (secondary N) is 1. The Morgan fingerprint density at radius 1 is 1.18 bits per heavy atom. The van der Waals surface area contributed by atoms with E-state index in [-0.39, 0.29) is 18.2 Å². The second kappa shape index (κ2) is 8.46. The van der Waals surface area contributed by atoms with Gasteiger partial charge in [0.25, 0.3) is 0 Å². The summed E-state index contributed by atoms with van der Waals surface area (Å²) < 4.78 is 14.7. The second-order valence-electron chi connectivity index (χ2n) is 4.15. The molecule has 118 valence electrons. The highest BCUT2D eigenvalue weighted by atomic mass is 16.6. The van der Waals surface area contributed by atoms with Crippen molar-refractivity contribution in [3.63, 3.8) is 0 Å². The van der Waals surface area contributed by atoms with E-state index >= 15 is 0 Å². The van der Waals surface area contributed by atoms with Crippen molar-refractivity contribution in [2.45, 2.75) is 6.92 Å². The van der Waals surface area contributed by atoms with Crippen molar-refractivity contribution in [1.82, 2.24) is 5.32 Å². The van der Waals surface area contributed by atoms with Crippen LogP contribution in [0.4, 0.5) is 0 Å². The molecule has 0 atom stereocenters. The summed E-state index contributed by atoms with van der Waals surface area (Å²) >= 11 is 0. The lowest BCUT2D eigenvalue weighted by molar-refractivity contribution is -0.135. The molecule has 0 aliphatic rings. The summed E-state index contributed by atoms with van der Waals surface area (Å²) in [7, 11) is 2.71. The Balaban J connectivity index is 2.80. The molecule has 7 heteroatoms. The zero-order valence-corrected chi connectivity index (χ0v) is 12.5. The summed E-state index contributed by atoms with van der Waals surface area (Å²) in [5, 5.41) is 2.34. The summed E-state index contributed by atoms with van der Waals surface area (Å²) in [6, 6.07) is 4.77. The summed E-state index contributed by atoms with van der Waals surface area (Å²) in [4.78, 5) is 33.3. The maximum absolute atomic E-state index is 11.6. The smallest absolute Gasteiger partial charge is 0.330 e. The molecule has 7 nitrogen and oxygen atoms in total. The lowest BCUT2D eigenvalue weighted by atomic mass is 10.2. The average molecular weight is 307 g/mol. The van der Waals surface area contributed by atoms with Crippen LogP contribution < -0.4 is 14.8 Å². The van der Waals surface area contributed by atoms with Gasteiger partial charge in [-0.1, -0.05) is 6.07 Å². The molecule has 0 saturated heterocycles. The fourth-order valence-electron chi connectivity index (χ4n) is 1.46. The molecule has 0 saturated carbocycles. The molecule has 22 heavy (non-hydrogen) atoms. The third-order valence-electron chi connectivity index (χ3n) is 2.51. The van der Waals surface area contributed by atoms with Crippen molar-refractivity contribution < 1.29 is 28.6 Å². The summed E-state index contributed by atoms with van der Waals surface area (Å²) in [6.45, 7) is 1.07. The normalized spacial score (nSPS) is 10.1. The average Bonchev–Trinajstić information content (AvgIpc) is 2.51. The van der Waals surface area contributed by atoms with Crippen LogP contribution in [0.15, 0.2) is 24.3 Å². The number of amides is 1. The van der Waals surface area contributed by atoms with Gasteiger partial charge in [-0.15, -0.1) is 0 Å². The minimum Gasteiger partial charge on any atom is -0.493 e. The van der Waals surface area contributed by atoms with Crippen LogP contribution in [0, 0.1) is 0 Å². The molecule has 0 radical (unpaired) electrons. The minimum absolute atomic E-state index is 0.216. The van der Waals surface area contributed by atoms with Crippen LogP contribution in [-0.4, -0.2) is 38.6 Å². The van der Waals surface area contributed by atoms with E-state index in [2.05, 4.69) is 10.1 Å². The largest absolute Gasteiger partial charge is 0.493 e. The Morgan fingerprint density at radius 3 is 2.50 bits per heavy atom. The highest BCUT2D eigenvalue weighted by molar-refractivity contribution is 5.87. The number of esters is 2. The highest BCUT2D eigenvalue weighted by Crippen LogP contribution is 2.28. The van der Waals surface area contributed by atoms with Gasteiger partial charge in [-0.05, 0) is 23.8 Å². The molecule has 0 spiro atoms. The van der Waals surface area contributed by atoms with Crippen molar-refractivity contribution >= 4 is 23.9 Å². The van der Waals surface area contributed by atoms with E-state index in [0.29, 0.717) is 11.3 Å². The van der Waals surface area contributed by atoms with E-state index in [9.17, 15) is 14.4 Å². The van der Waals surface area contributed by atoms with Crippen molar-refractivity contribution in [3.05, 3.63) is 29.8 Å². The predicted molar refractivity (Wildman–Crippen MR) is 78.4 cm³/mol. The molecular weight excluding hydrogens is 290 g/mol. The van der Waals surface area contributed by atoms with E-state index in [1.165, 1.54) is 39.4 Å². The van der Waals surface area contributed by atoms with Crippen LogP contribution in [0.5, 0.6) is 11.5 Å². The van der Waals surface area contributed by atoms with Gasteiger partial charge in [0.2, 0.25) is 5.91 Å². The molecule has 0 heterocycles. The molecule has 0 aromatic heterocycles. The SMILES string of the molecule is COC(=O)/C=C\c1ccc(OC(=O)CNC(C)=O)c(OC)c1. The first-order valence-corrected chi connectivity index (χ1v) is 6.35. The van der Waals surface area contributed by atoms with E-state index in [1.54, 1.807) is 12.1 Å². The van der Waals surface area contributed by atoms with E-state index in [4.69, 9.17) is 9.47 Å². The fourth-order valence-corrected chi connectivity index (χ4v) is 1.46. The van der Waals surface area contributed by atoms with Gasteiger partial charge in [-0.3, -0.25) is 4.79 Å². The first kappa shape index (κ1) is 17.2. The zero-order valence-electron chi connectivity index (χ0n) is 12.5. The number of methoxy groups -OCH3 is 2. The minimum atomic E-state index is -0.619. The Kier molecular flexibility index (Phi) is 6.62. The van der Waals surface area contributed by atoms with Crippen LogP contribution in [0.2, 0.25) is 0 Å². The number of ether oxygens (including phenoxy) is 3. The van der Waals surface area contributed by atoms with Gasteiger partial charge in [-0.25, -0.2) is 9.59 Å². The van der Waals surface area contributed by atoms with Crippen LogP contribution in [0.1, 0.15) is 12.5 Å². The van der Waals surface area contributed by atoms with Gasteiger partial charge < -0.3 is 19.5 Å². The monoisotopic (exact) mass is 307 g/mol. The summed E-state index contributed by atoms with van der Waals surface area (Å²) in [5.74, 6) is -0.889. The quantitative estimate of drug-likeness (QED) is 0.477. The molecule has 0 fully saturated rings. The molecular formula is C15H17NO6. The number of hydrogen-bond donors (Lipinski definition) is 1. The van der Waals surface area contributed by atoms with Crippen LogP contribution in [0.3, 0.4) is 0 Å². The zero-order chi connectivity index (χ0) is 16.5. The summed E-state index contributed by atoms with van der Waals surface area (Å²) in [6.07, 6.45) is 2.80. The van der Waals surface area contributed by atoms with E-state index in [0.717, 1.165) is 0 Å². The van der Waals surface area contributed by atoms with Gasteiger partial charge in [0, 0.05) is 13.0 Å². The van der Waals surface area contributed by atoms with Gasteiger partial charge in [0.15, 0.2) is 11.5 Å². The molecule has 0 aliphatic heterocycles. The number of rotatable bonds is 6. The van der Waals surface area contributed by atoms with Crippen molar-refractivity contribution in [2.75, 3.05) is 20.8 Å². The predicted octanol–water partition coefficient (Wildman–Crippen LogP) is 0.923. The van der Waals surface area contributed by atoms with Crippen molar-refractivity contribution in [3.8, 4) is 11.5 Å².